The predicted octanol–water partition coefficient (Wildman–Crippen LogP) is 7.07. The number of unbranched alkanes of at least 4 members (excludes halogenated alkanes) is 11. The van der Waals surface area contributed by atoms with Crippen LogP contribution in [-0.2, 0) is 11.3 Å². The van der Waals surface area contributed by atoms with Crippen molar-refractivity contribution in [2.45, 2.75) is 110 Å². The lowest BCUT2D eigenvalue weighted by molar-refractivity contribution is -0.119. The Morgan fingerprint density at radius 1 is 0.848 bits per heavy atom. The zero-order valence-electron chi connectivity index (χ0n) is 21.2. The Bertz CT molecular complexity index is 667. The summed E-state index contributed by atoms with van der Waals surface area (Å²) in [4.78, 5) is 12.1. The Balaban J connectivity index is 2.14. The molecule has 0 bridgehead atoms. The molecule has 0 aliphatic carbocycles. The molecule has 0 radical (unpaired) electrons. The molecule has 5 nitrogen and oxygen atoms in total. The van der Waals surface area contributed by atoms with E-state index in [1.807, 2.05) is 18.2 Å². The van der Waals surface area contributed by atoms with E-state index in [9.17, 15) is 4.79 Å². The van der Waals surface area contributed by atoms with Gasteiger partial charge in [0.05, 0.1) is 13.7 Å². The van der Waals surface area contributed by atoms with Crippen molar-refractivity contribution in [3.05, 3.63) is 23.8 Å². The van der Waals surface area contributed by atoms with Crippen LogP contribution < -0.4 is 20.1 Å². The predicted molar refractivity (Wildman–Crippen MR) is 142 cm³/mol. The number of carbonyl (C=O) groups is 1. The quantitative estimate of drug-likeness (QED) is 0.164. The normalized spacial score (nSPS) is 10.6. The first-order chi connectivity index (χ1) is 16.1. The third-order valence-corrected chi connectivity index (χ3v) is 5.94. The molecule has 0 aliphatic heterocycles. The Hall–Kier alpha value is -1.82. The zero-order chi connectivity index (χ0) is 24.2. The van der Waals surface area contributed by atoms with Crippen LogP contribution in [0.5, 0.6) is 11.5 Å². The molecule has 0 saturated carbocycles. The van der Waals surface area contributed by atoms with E-state index in [0.717, 1.165) is 37.0 Å². The van der Waals surface area contributed by atoms with Crippen LogP contribution in [0.4, 0.5) is 0 Å². The van der Waals surface area contributed by atoms with Gasteiger partial charge in [-0.3, -0.25) is 4.79 Å². The lowest BCUT2D eigenvalue weighted by Gasteiger charge is -2.13. The van der Waals surface area contributed by atoms with Gasteiger partial charge in [-0.05, 0) is 42.8 Å². The molecule has 1 aromatic carbocycles. The molecular weight excluding hydrogens is 432 g/mol. The maximum absolute atomic E-state index is 12.1. The summed E-state index contributed by atoms with van der Waals surface area (Å²) >= 11 is 5.28. The molecule has 0 aliphatic rings. The van der Waals surface area contributed by atoms with Crippen molar-refractivity contribution < 1.29 is 14.3 Å². The molecule has 0 atom stereocenters. The molecule has 1 aromatic rings. The monoisotopic (exact) mass is 478 g/mol. The Morgan fingerprint density at radius 3 is 2.06 bits per heavy atom. The van der Waals surface area contributed by atoms with Crippen molar-refractivity contribution in [2.24, 2.45) is 0 Å². The summed E-state index contributed by atoms with van der Waals surface area (Å²) in [6.45, 7) is 5.59. The fourth-order valence-electron chi connectivity index (χ4n) is 3.63. The number of benzene rings is 1. The molecule has 1 amide bonds. The largest absolute Gasteiger partial charge is 0.493 e. The number of thiocarbonyl (C=S) groups is 1. The molecule has 0 aromatic heterocycles. The SMILES string of the molecule is CCCCCCCCCCCCCC(=O)NC(=S)NCc1ccc(OCCCC)c(OC)c1. The second-order valence-electron chi connectivity index (χ2n) is 8.70. The number of rotatable bonds is 19. The summed E-state index contributed by atoms with van der Waals surface area (Å²) in [5.41, 5.74) is 1.01. The van der Waals surface area contributed by atoms with Gasteiger partial charge in [0.15, 0.2) is 16.6 Å². The molecule has 188 valence electrons. The highest BCUT2D eigenvalue weighted by atomic mass is 32.1. The maximum atomic E-state index is 12.1. The van der Waals surface area contributed by atoms with Gasteiger partial charge < -0.3 is 20.1 Å². The number of ether oxygens (including phenoxy) is 2. The molecular formula is C27H46N2O3S. The van der Waals surface area contributed by atoms with Gasteiger partial charge in [-0.15, -0.1) is 0 Å². The van der Waals surface area contributed by atoms with Crippen LogP contribution >= 0.6 is 12.2 Å². The molecule has 0 heterocycles. The van der Waals surface area contributed by atoms with Gasteiger partial charge in [-0.1, -0.05) is 90.5 Å². The first-order valence-corrected chi connectivity index (χ1v) is 13.4. The van der Waals surface area contributed by atoms with Crippen molar-refractivity contribution in [3.8, 4) is 11.5 Å². The van der Waals surface area contributed by atoms with Crippen LogP contribution in [0.15, 0.2) is 18.2 Å². The van der Waals surface area contributed by atoms with Gasteiger partial charge in [0.25, 0.3) is 0 Å². The van der Waals surface area contributed by atoms with Gasteiger partial charge >= 0.3 is 0 Å². The van der Waals surface area contributed by atoms with Gasteiger partial charge in [0.2, 0.25) is 5.91 Å². The minimum Gasteiger partial charge on any atom is -0.493 e. The van der Waals surface area contributed by atoms with E-state index >= 15 is 0 Å². The number of carbonyl (C=O) groups excluding carboxylic acids is 1. The van der Waals surface area contributed by atoms with E-state index in [1.165, 1.54) is 57.8 Å². The van der Waals surface area contributed by atoms with Crippen LogP contribution in [0.2, 0.25) is 0 Å². The van der Waals surface area contributed by atoms with E-state index in [-0.39, 0.29) is 5.91 Å². The molecule has 2 N–H and O–H groups in total. The van der Waals surface area contributed by atoms with Gasteiger partial charge in [-0.25, -0.2) is 0 Å². The lowest BCUT2D eigenvalue weighted by Crippen LogP contribution is -2.38. The third-order valence-electron chi connectivity index (χ3n) is 5.70. The zero-order valence-corrected chi connectivity index (χ0v) is 22.0. The average Bonchev–Trinajstić information content (AvgIpc) is 2.81. The van der Waals surface area contributed by atoms with Crippen LogP contribution in [0.1, 0.15) is 109 Å². The van der Waals surface area contributed by atoms with E-state index in [0.29, 0.717) is 30.4 Å². The van der Waals surface area contributed by atoms with E-state index in [1.54, 1.807) is 7.11 Å². The first kappa shape index (κ1) is 29.2. The fourth-order valence-corrected chi connectivity index (χ4v) is 3.82. The molecule has 0 fully saturated rings. The smallest absolute Gasteiger partial charge is 0.226 e. The van der Waals surface area contributed by atoms with Gasteiger partial charge in [0.1, 0.15) is 0 Å². The topological polar surface area (TPSA) is 59.6 Å². The summed E-state index contributed by atoms with van der Waals surface area (Å²) in [6, 6.07) is 5.83. The van der Waals surface area contributed by atoms with E-state index in [4.69, 9.17) is 21.7 Å². The average molecular weight is 479 g/mol. The fraction of sp³-hybridized carbons (Fsp3) is 0.704. The van der Waals surface area contributed by atoms with E-state index < -0.39 is 0 Å². The number of hydrogen-bond donors (Lipinski definition) is 2. The number of amides is 1. The Kier molecular flexibility index (Phi) is 17.4. The third kappa shape index (κ3) is 14.8. The van der Waals surface area contributed by atoms with Gasteiger partial charge in [-0.2, -0.15) is 0 Å². The van der Waals surface area contributed by atoms with Crippen LogP contribution in [0.3, 0.4) is 0 Å². The molecule has 33 heavy (non-hydrogen) atoms. The minimum absolute atomic E-state index is 0.0133. The minimum atomic E-state index is -0.0133. The maximum Gasteiger partial charge on any atom is 0.226 e. The number of nitrogens with one attached hydrogen (secondary N) is 2. The standard InChI is InChI=1S/C27H46N2O3S/c1-4-6-8-9-10-11-12-13-14-15-16-17-26(30)29-27(33)28-22-23-18-19-24(25(21-23)31-3)32-20-7-5-2/h18-19,21H,4-17,20,22H2,1-3H3,(H2,28,29,30,33). The summed E-state index contributed by atoms with van der Waals surface area (Å²) in [7, 11) is 1.64. The van der Waals surface area contributed by atoms with Crippen molar-refractivity contribution in [1.29, 1.82) is 0 Å². The highest BCUT2D eigenvalue weighted by molar-refractivity contribution is 7.80. The number of hydrogen-bond acceptors (Lipinski definition) is 4. The highest BCUT2D eigenvalue weighted by Gasteiger charge is 2.08. The number of methoxy groups -OCH3 is 1. The molecule has 0 unspecified atom stereocenters. The second kappa shape index (κ2) is 19.6. The lowest BCUT2D eigenvalue weighted by atomic mass is 10.1. The van der Waals surface area contributed by atoms with Crippen LogP contribution in [0.25, 0.3) is 0 Å². The Labute approximate surface area is 207 Å². The Morgan fingerprint density at radius 2 is 1.45 bits per heavy atom. The van der Waals surface area contributed by atoms with Gasteiger partial charge in [0, 0.05) is 13.0 Å². The molecule has 0 spiro atoms. The van der Waals surface area contributed by atoms with Crippen molar-refractivity contribution in [1.82, 2.24) is 10.6 Å². The second-order valence-corrected chi connectivity index (χ2v) is 9.11. The molecule has 6 heteroatoms. The van der Waals surface area contributed by atoms with Crippen molar-refractivity contribution in [3.63, 3.8) is 0 Å². The van der Waals surface area contributed by atoms with E-state index in [2.05, 4.69) is 24.5 Å². The first-order valence-electron chi connectivity index (χ1n) is 13.0. The summed E-state index contributed by atoms with van der Waals surface area (Å²) in [6.07, 6.45) is 16.6. The van der Waals surface area contributed by atoms with Crippen LogP contribution in [-0.4, -0.2) is 24.7 Å². The van der Waals surface area contributed by atoms with Crippen molar-refractivity contribution >= 4 is 23.2 Å². The summed E-state index contributed by atoms with van der Waals surface area (Å²) in [5.74, 6) is 1.44. The highest BCUT2D eigenvalue weighted by Crippen LogP contribution is 2.28. The van der Waals surface area contributed by atoms with Crippen LogP contribution in [0, 0.1) is 0 Å². The summed E-state index contributed by atoms with van der Waals surface area (Å²) < 4.78 is 11.2. The molecule has 0 saturated heterocycles. The van der Waals surface area contributed by atoms with Crippen molar-refractivity contribution in [2.75, 3.05) is 13.7 Å². The molecule has 1 rings (SSSR count). The summed E-state index contributed by atoms with van der Waals surface area (Å²) in [5, 5.41) is 6.25.